The number of benzene rings is 3. The fourth-order valence-electron chi connectivity index (χ4n) is 3.65. The molecule has 2 N–H and O–H groups in total. The molecule has 1 aliphatic heterocycles. The molecule has 1 unspecified atom stereocenters. The summed E-state index contributed by atoms with van der Waals surface area (Å²) in [7, 11) is 0. The molecule has 3 aromatic rings. The summed E-state index contributed by atoms with van der Waals surface area (Å²) in [4.78, 5) is 37.6. The zero-order valence-electron chi connectivity index (χ0n) is 16.6. The van der Waals surface area contributed by atoms with Crippen LogP contribution in [-0.4, -0.2) is 26.8 Å². The van der Waals surface area contributed by atoms with Crippen LogP contribution in [0.5, 0.6) is 5.75 Å². The lowest BCUT2D eigenvalue weighted by atomic mass is 9.95. The Morgan fingerprint density at radius 3 is 2.06 bits per heavy atom. The van der Waals surface area contributed by atoms with Crippen LogP contribution in [0.2, 0.25) is 10.0 Å². The Balaban J connectivity index is 1.93. The monoisotopic (exact) mass is 484 g/mol. The molecule has 1 aliphatic rings. The van der Waals surface area contributed by atoms with E-state index in [-0.39, 0.29) is 38.3 Å². The van der Waals surface area contributed by atoms with Crippen molar-refractivity contribution in [1.29, 1.82) is 0 Å². The highest BCUT2D eigenvalue weighted by molar-refractivity contribution is 6.52. The standard InChI is InChI=1S/C23H14Cl2N2O6/c24-14-9-15(25)11-17(10-14)26-20(12-3-7-18(28)8-4-12)19(22(30)23(26)31)21(29)13-1-5-16(6-2-13)27(32)33/h1-11,20,28-29H/b21-19+. The number of phenolic OH excluding ortho intramolecular Hbond substituents is 1. The molecule has 0 aliphatic carbocycles. The summed E-state index contributed by atoms with van der Waals surface area (Å²) in [6.07, 6.45) is 0. The van der Waals surface area contributed by atoms with Crippen LogP contribution >= 0.6 is 23.2 Å². The summed E-state index contributed by atoms with van der Waals surface area (Å²) >= 11 is 12.2. The molecule has 1 saturated heterocycles. The summed E-state index contributed by atoms with van der Waals surface area (Å²) in [5.74, 6) is -2.41. The highest BCUT2D eigenvalue weighted by Gasteiger charge is 2.47. The van der Waals surface area contributed by atoms with Crippen LogP contribution in [-0.2, 0) is 9.59 Å². The predicted octanol–water partition coefficient (Wildman–Crippen LogP) is 5.23. The first kappa shape index (κ1) is 22.3. The number of nitrogens with zero attached hydrogens (tertiary/aromatic N) is 2. The van der Waals surface area contributed by atoms with Crippen molar-refractivity contribution in [2.75, 3.05) is 4.90 Å². The van der Waals surface area contributed by atoms with Crippen molar-refractivity contribution in [3.05, 3.63) is 104 Å². The molecule has 0 radical (unpaired) electrons. The summed E-state index contributed by atoms with van der Waals surface area (Å²) in [5, 5.41) is 32.1. The molecule has 1 atom stereocenters. The number of rotatable bonds is 4. The van der Waals surface area contributed by atoms with E-state index in [9.17, 15) is 29.9 Å². The second kappa shape index (κ2) is 8.57. The number of aliphatic hydroxyl groups is 1. The number of hydrogen-bond donors (Lipinski definition) is 2. The number of halogens is 2. The molecule has 1 heterocycles. The van der Waals surface area contributed by atoms with Gasteiger partial charge in [-0.05, 0) is 48.0 Å². The van der Waals surface area contributed by atoms with Crippen molar-refractivity contribution in [1.82, 2.24) is 0 Å². The van der Waals surface area contributed by atoms with Gasteiger partial charge < -0.3 is 10.2 Å². The van der Waals surface area contributed by atoms with Crippen molar-refractivity contribution < 1.29 is 24.7 Å². The number of nitro groups is 1. The fourth-order valence-corrected chi connectivity index (χ4v) is 4.16. The van der Waals surface area contributed by atoms with Gasteiger partial charge in [-0.1, -0.05) is 35.3 Å². The van der Waals surface area contributed by atoms with Gasteiger partial charge in [-0.25, -0.2) is 0 Å². The number of amides is 1. The lowest BCUT2D eigenvalue weighted by Gasteiger charge is -2.25. The lowest BCUT2D eigenvalue weighted by Crippen LogP contribution is -2.29. The van der Waals surface area contributed by atoms with Crippen LogP contribution in [0.25, 0.3) is 5.76 Å². The Kier molecular flexibility index (Phi) is 5.80. The maximum absolute atomic E-state index is 13.1. The highest BCUT2D eigenvalue weighted by Crippen LogP contribution is 2.43. The summed E-state index contributed by atoms with van der Waals surface area (Å²) in [6.45, 7) is 0. The zero-order valence-corrected chi connectivity index (χ0v) is 18.1. The normalized spacial score (nSPS) is 17.4. The van der Waals surface area contributed by atoms with E-state index in [0.717, 1.165) is 4.90 Å². The van der Waals surface area contributed by atoms with Gasteiger partial charge in [0.15, 0.2) is 0 Å². The second-order valence-corrected chi connectivity index (χ2v) is 8.07. The van der Waals surface area contributed by atoms with E-state index in [1.54, 1.807) is 0 Å². The molecular formula is C23H14Cl2N2O6. The average Bonchev–Trinajstić information content (AvgIpc) is 3.04. The van der Waals surface area contributed by atoms with Gasteiger partial charge in [0, 0.05) is 33.4 Å². The van der Waals surface area contributed by atoms with Gasteiger partial charge in [0.05, 0.1) is 16.5 Å². The van der Waals surface area contributed by atoms with E-state index in [1.165, 1.54) is 66.7 Å². The minimum absolute atomic E-state index is 0.0307. The van der Waals surface area contributed by atoms with E-state index in [0.29, 0.717) is 5.56 Å². The predicted molar refractivity (Wildman–Crippen MR) is 122 cm³/mol. The van der Waals surface area contributed by atoms with Gasteiger partial charge in [-0.3, -0.25) is 24.6 Å². The molecule has 33 heavy (non-hydrogen) atoms. The molecule has 0 saturated carbocycles. The average molecular weight is 485 g/mol. The third-order valence-corrected chi connectivity index (χ3v) is 5.57. The first-order chi connectivity index (χ1) is 15.7. The Hall–Kier alpha value is -3.88. The molecule has 0 spiro atoms. The van der Waals surface area contributed by atoms with E-state index in [1.807, 2.05) is 0 Å². The molecule has 10 heteroatoms. The molecule has 1 fully saturated rings. The number of carbonyl (C=O) groups is 2. The number of non-ortho nitro benzene ring substituents is 1. The SMILES string of the molecule is O=C1C(=O)N(c2cc(Cl)cc(Cl)c2)C(c2ccc(O)cc2)/C1=C(\O)c1ccc([N+](=O)[O-])cc1. The highest BCUT2D eigenvalue weighted by atomic mass is 35.5. The number of anilines is 1. The van der Waals surface area contributed by atoms with Crippen molar-refractivity contribution in [2.24, 2.45) is 0 Å². The molecule has 4 rings (SSSR count). The molecule has 0 aromatic heterocycles. The topological polar surface area (TPSA) is 121 Å². The van der Waals surface area contributed by atoms with Gasteiger partial charge in [0.25, 0.3) is 17.4 Å². The number of aromatic hydroxyl groups is 1. The third kappa shape index (κ3) is 4.13. The molecule has 8 nitrogen and oxygen atoms in total. The largest absolute Gasteiger partial charge is 0.508 e. The molecule has 0 bridgehead atoms. The van der Waals surface area contributed by atoms with Gasteiger partial charge in [-0.2, -0.15) is 0 Å². The van der Waals surface area contributed by atoms with E-state index < -0.39 is 28.4 Å². The van der Waals surface area contributed by atoms with Crippen molar-refractivity contribution >= 4 is 52.0 Å². The molecule has 166 valence electrons. The van der Waals surface area contributed by atoms with E-state index in [2.05, 4.69) is 0 Å². The van der Waals surface area contributed by atoms with Gasteiger partial charge >= 0.3 is 0 Å². The van der Waals surface area contributed by atoms with Crippen LogP contribution in [0.3, 0.4) is 0 Å². The van der Waals surface area contributed by atoms with E-state index >= 15 is 0 Å². The van der Waals surface area contributed by atoms with Gasteiger partial charge in [-0.15, -0.1) is 0 Å². The number of hydrogen-bond acceptors (Lipinski definition) is 6. The molecular weight excluding hydrogens is 471 g/mol. The number of ketones is 1. The number of aliphatic hydroxyl groups excluding tert-OH is 1. The molecule has 3 aromatic carbocycles. The number of Topliss-reactive ketones (excluding diaryl/α,β-unsaturated/α-hetero) is 1. The number of nitro benzene ring substituents is 1. The Morgan fingerprint density at radius 2 is 1.52 bits per heavy atom. The Bertz CT molecular complexity index is 1300. The third-order valence-electron chi connectivity index (χ3n) is 5.13. The van der Waals surface area contributed by atoms with Gasteiger partial charge in [0.1, 0.15) is 11.5 Å². The zero-order chi connectivity index (χ0) is 23.9. The van der Waals surface area contributed by atoms with Crippen LogP contribution in [0.4, 0.5) is 11.4 Å². The Labute approximate surface area is 197 Å². The van der Waals surface area contributed by atoms with Crippen molar-refractivity contribution in [2.45, 2.75) is 6.04 Å². The smallest absolute Gasteiger partial charge is 0.300 e. The summed E-state index contributed by atoms with van der Waals surface area (Å²) in [6, 6.07) is 14.0. The van der Waals surface area contributed by atoms with Crippen molar-refractivity contribution in [3.8, 4) is 5.75 Å². The number of carbonyl (C=O) groups excluding carboxylic acids is 2. The summed E-state index contributed by atoms with van der Waals surface area (Å²) < 4.78 is 0. The van der Waals surface area contributed by atoms with Gasteiger partial charge in [0.2, 0.25) is 0 Å². The Morgan fingerprint density at radius 1 is 0.939 bits per heavy atom. The fraction of sp³-hybridized carbons (Fsp3) is 0.0435. The molecule has 1 amide bonds. The second-order valence-electron chi connectivity index (χ2n) is 7.19. The first-order valence-corrected chi connectivity index (χ1v) is 10.2. The van der Waals surface area contributed by atoms with Crippen LogP contribution in [0.1, 0.15) is 17.2 Å². The first-order valence-electron chi connectivity index (χ1n) is 9.48. The van der Waals surface area contributed by atoms with E-state index in [4.69, 9.17) is 23.2 Å². The minimum Gasteiger partial charge on any atom is -0.508 e. The van der Waals surface area contributed by atoms with Crippen molar-refractivity contribution in [3.63, 3.8) is 0 Å². The van der Waals surface area contributed by atoms with Crippen LogP contribution in [0.15, 0.2) is 72.3 Å². The maximum Gasteiger partial charge on any atom is 0.300 e. The minimum atomic E-state index is -1.07. The summed E-state index contributed by atoms with van der Waals surface area (Å²) in [5.41, 5.74) is 0.347. The number of phenols is 1. The lowest BCUT2D eigenvalue weighted by molar-refractivity contribution is -0.384. The van der Waals surface area contributed by atoms with Crippen LogP contribution in [0, 0.1) is 10.1 Å². The maximum atomic E-state index is 13.1. The van der Waals surface area contributed by atoms with Crippen LogP contribution < -0.4 is 4.90 Å². The quantitative estimate of drug-likeness (QED) is 0.172.